The molecule has 1 aliphatic rings. The number of hydrogen-bond donors (Lipinski definition) is 2. The predicted molar refractivity (Wildman–Crippen MR) is 102 cm³/mol. The molecule has 0 unspecified atom stereocenters. The van der Waals surface area contributed by atoms with E-state index in [1.165, 1.54) is 18.2 Å². The van der Waals surface area contributed by atoms with Crippen LogP contribution in [-0.2, 0) is 14.3 Å². The highest BCUT2D eigenvalue weighted by Crippen LogP contribution is 2.18. The second kappa shape index (κ2) is 10.5. The van der Waals surface area contributed by atoms with Crippen LogP contribution in [0, 0.1) is 11.7 Å². The van der Waals surface area contributed by atoms with Gasteiger partial charge in [0, 0.05) is 25.3 Å². The van der Waals surface area contributed by atoms with Gasteiger partial charge in [-0.15, -0.1) is 0 Å². The lowest BCUT2D eigenvalue weighted by molar-refractivity contribution is -0.149. The van der Waals surface area contributed by atoms with Crippen LogP contribution in [0.5, 0.6) is 0 Å². The largest absolute Gasteiger partial charge is 0.466 e. The van der Waals surface area contributed by atoms with E-state index in [-0.39, 0.29) is 24.3 Å². The van der Waals surface area contributed by atoms with Crippen molar-refractivity contribution in [3.8, 4) is 0 Å². The van der Waals surface area contributed by atoms with E-state index in [4.69, 9.17) is 4.74 Å². The number of esters is 1. The van der Waals surface area contributed by atoms with Gasteiger partial charge in [0.2, 0.25) is 5.91 Å². The van der Waals surface area contributed by atoms with Crippen molar-refractivity contribution in [2.24, 2.45) is 10.9 Å². The summed E-state index contributed by atoms with van der Waals surface area (Å²) in [6, 6.07) is 5.73. The van der Waals surface area contributed by atoms with Crippen LogP contribution in [-0.4, -0.2) is 55.5 Å². The van der Waals surface area contributed by atoms with Gasteiger partial charge in [-0.1, -0.05) is 6.07 Å². The number of likely N-dealkylation sites (tertiary alicyclic amines) is 1. The molecule has 7 nitrogen and oxygen atoms in total. The Labute approximate surface area is 159 Å². The highest BCUT2D eigenvalue weighted by molar-refractivity contribution is 5.94. The number of guanidine groups is 1. The van der Waals surface area contributed by atoms with Crippen LogP contribution in [0.4, 0.5) is 10.1 Å². The quantitative estimate of drug-likeness (QED) is 0.449. The standard InChI is InChI=1S/C19H27FN4O3/c1-3-21-19(24-10-8-14(9-11-24)18(26)27-4-2)22-13-17(25)23-16-7-5-6-15(20)12-16/h5-7,12,14H,3-4,8-11,13H2,1-2H3,(H,21,22)(H,23,25). The molecule has 1 fully saturated rings. The monoisotopic (exact) mass is 378 g/mol. The Kier molecular flexibility index (Phi) is 8.03. The molecule has 0 aromatic heterocycles. The number of ether oxygens (including phenoxy) is 1. The zero-order valence-electron chi connectivity index (χ0n) is 15.8. The minimum atomic E-state index is -0.408. The van der Waals surface area contributed by atoms with E-state index in [0.717, 1.165) is 0 Å². The van der Waals surface area contributed by atoms with Gasteiger partial charge in [0.1, 0.15) is 12.4 Å². The summed E-state index contributed by atoms with van der Waals surface area (Å²) in [5.74, 6) is -0.324. The Morgan fingerprint density at radius 2 is 2.04 bits per heavy atom. The summed E-state index contributed by atoms with van der Waals surface area (Å²) in [5.41, 5.74) is 0.399. The summed E-state index contributed by atoms with van der Waals surface area (Å²) >= 11 is 0. The lowest BCUT2D eigenvalue weighted by Crippen LogP contribution is -2.47. The number of nitrogens with one attached hydrogen (secondary N) is 2. The molecule has 2 rings (SSSR count). The number of nitrogens with zero attached hydrogens (tertiary/aromatic N) is 2. The van der Waals surface area contributed by atoms with Gasteiger partial charge in [0.15, 0.2) is 5.96 Å². The molecule has 0 spiro atoms. The smallest absolute Gasteiger partial charge is 0.309 e. The molecule has 148 valence electrons. The lowest BCUT2D eigenvalue weighted by atomic mass is 9.97. The fourth-order valence-corrected chi connectivity index (χ4v) is 2.93. The zero-order chi connectivity index (χ0) is 19.6. The number of amides is 1. The van der Waals surface area contributed by atoms with Gasteiger partial charge in [-0.05, 0) is 44.9 Å². The Hall–Kier alpha value is -2.64. The predicted octanol–water partition coefficient (Wildman–Crippen LogP) is 2.00. The molecule has 1 aliphatic heterocycles. The van der Waals surface area contributed by atoms with Gasteiger partial charge in [0.05, 0.1) is 12.5 Å². The molecule has 1 amide bonds. The van der Waals surface area contributed by atoms with Crippen LogP contribution >= 0.6 is 0 Å². The van der Waals surface area contributed by atoms with Gasteiger partial charge in [-0.25, -0.2) is 9.38 Å². The maximum atomic E-state index is 13.2. The number of carbonyl (C=O) groups excluding carboxylic acids is 2. The second-order valence-electron chi connectivity index (χ2n) is 6.24. The van der Waals surface area contributed by atoms with E-state index in [9.17, 15) is 14.0 Å². The van der Waals surface area contributed by atoms with Crippen LogP contribution in [0.3, 0.4) is 0 Å². The molecule has 0 aliphatic carbocycles. The van der Waals surface area contributed by atoms with Crippen molar-refractivity contribution in [1.82, 2.24) is 10.2 Å². The minimum absolute atomic E-state index is 0.0728. The van der Waals surface area contributed by atoms with Gasteiger partial charge >= 0.3 is 5.97 Å². The Bertz CT molecular complexity index is 673. The molecule has 0 bridgehead atoms. The maximum Gasteiger partial charge on any atom is 0.309 e. The normalized spacial score (nSPS) is 15.4. The van der Waals surface area contributed by atoms with E-state index in [1.54, 1.807) is 13.0 Å². The van der Waals surface area contributed by atoms with Gasteiger partial charge < -0.3 is 20.3 Å². The number of carbonyl (C=O) groups is 2. The van der Waals surface area contributed by atoms with Crippen molar-refractivity contribution in [3.63, 3.8) is 0 Å². The molecule has 1 saturated heterocycles. The number of piperidine rings is 1. The first kappa shape index (κ1) is 20.7. The van der Waals surface area contributed by atoms with Crippen LogP contribution in [0.1, 0.15) is 26.7 Å². The van der Waals surface area contributed by atoms with Crippen molar-refractivity contribution in [2.45, 2.75) is 26.7 Å². The fourth-order valence-electron chi connectivity index (χ4n) is 2.93. The van der Waals surface area contributed by atoms with Gasteiger partial charge in [-0.2, -0.15) is 0 Å². The highest BCUT2D eigenvalue weighted by Gasteiger charge is 2.27. The topological polar surface area (TPSA) is 83.0 Å². The third kappa shape index (κ3) is 6.54. The Morgan fingerprint density at radius 1 is 1.30 bits per heavy atom. The van der Waals surface area contributed by atoms with Crippen molar-refractivity contribution in [2.75, 3.05) is 38.1 Å². The molecule has 1 aromatic carbocycles. The van der Waals surface area contributed by atoms with Gasteiger partial charge in [0.25, 0.3) is 0 Å². The third-order valence-electron chi connectivity index (χ3n) is 4.23. The van der Waals surface area contributed by atoms with E-state index >= 15 is 0 Å². The first-order valence-electron chi connectivity index (χ1n) is 9.28. The zero-order valence-corrected chi connectivity index (χ0v) is 15.8. The van der Waals surface area contributed by atoms with E-state index in [0.29, 0.717) is 50.7 Å². The first-order valence-corrected chi connectivity index (χ1v) is 9.28. The van der Waals surface area contributed by atoms with Crippen molar-refractivity contribution >= 4 is 23.5 Å². The lowest BCUT2D eigenvalue weighted by Gasteiger charge is -2.33. The van der Waals surface area contributed by atoms with Crippen LogP contribution in [0.25, 0.3) is 0 Å². The summed E-state index contributed by atoms with van der Waals surface area (Å²) in [4.78, 5) is 30.3. The van der Waals surface area contributed by atoms with Crippen molar-refractivity contribution in [3.05, 3.63) is 30.1 Å². The number of anilines is 1. The number of rotatable bonds is 6. The first-order chi connectivity index (χ1) is 13.0. The average molecular weight is 378 g/mol. The van der Waals surface area contributed by atoms with Crippen molar-refractivity contribution < 1.29 is 18.7 Å². The molecular weight excluding hydrogens is 351 g/mol. The molecule has 1 aromatic rings. The molecule has 0 saturated carbocycles. The number of halogens is 1. The number of hydrogen-bond acceptors (Lipinski definition) is 4. The maximum absolute atomic E-state index is 13.2. The summed E-state index contributed by atoms with van der Waals surface area (Å²) in [6.07, 6.45) is 1.39. The summed E-state index contributed by atoms with van der Waals surface area (Å²) in [5, 5.41) is 5.80. The molecule has 27 heavy (non-hydrogen) atoms. The Morgan fingerprint density at radius 3 is 2.67 bits per heavy atom. The molecular formula is C19H27FN4O3. The van der Waals surface area contributed by atoms with Gasteiger partial charge in [-0.3, -0.25) is 9.59 Å². The minimum Gasteiger partial charge on any atom is -0.466 e. The van der Waals surface area contributed by atoms with Crippen molar-refractivity contribution in [1.29, 1.82) is 0 Å². The molecule has 0 radical (unpaired) electrons. The summed E-state index contributed by atoms with van der Waals surface area (Å²) < 4.78 is 18.3. The van der Waals surface area contributed by atoms with E-state index in [2.05, 4.69) is 15.6 Å². The molecule has 0 atom stereocenters. The van der Waals surface area contributed by atoms with E-state index < -0.39 is 5.82 Å². The number of benzene rings is 1. The van der Waals surface area contributed by atoms with Crippen LogP contribution < -0.4 is 10.6 Å². The SMILES string of the molecule is CCNC(=NCC(=O)Nc1cccc(F)c1)N1CCC(C(=O)OCC)CC1. The summed E-state index contributed by atoms with van der Waals surface area (Å²) in [6.45, 7) is 6.08. The fraction of sp³-hybridized carbons (Fsp3) is 0.526. The summed E-state index contributed by atoms with van der Waals surface area (Å²) in [7, 11) is 0. The molecule has 1 heterocycles. The second-order valence-corrected chi connectivity index (χ2v) is 6.24. The molecule has 8 heteroatoms. The number of aliphatic imine (C=N–C) groups is 1. The van der Waals surface area contributed by atoms with E-state index in [1.807, 2.05) is 11.8 Å². The highest BCUT2D eigenvalue weighted by atomic mass is 19.1. The third-order valence-corrected chi connectivity index (χ3v) is 4.23. The average Bonchev–Trinajstić information content (AvgIpc) is 2.65. The van der Waals surface area contributed by atoms with Crippen LogP contribution in [0.2, 0.25) is 0 Å². The Balaban J connectivity index is 1.90. The van der Waals surface area contributed by atoms with Crippen LogP contribution in [0.15, 0.2) is 29.3 Å². The molecule has 2 N–H and O–H groups in total.